The molecule has 1 heterocycles. The van der Waals surface area contributed by atoms with Gasteiger partial charge in [-0.05, 0) is 24.1 Å². The fraction of sp³-hybridized carbons (Fsp3) is 0.348. The summed E-state index contributed by atoms with van der Waals surface area (Å²) in [6, 6.07) is 14.6. The number of sulfone groups is 1. The average Bonchev–Trinajstić information content (AvgIpc) is 3.24. The third-order valence-electron chi connectivity index (χ3n) is 4.86. The van der Waals surface area contributed by atoms with Crippen molar-refractivity contribution < 1.29 is 31.9 Å². The lowest BCUT2D eigenvalue weighted by Gasteiger charge is -2.20. The molecule has 9 nitrogen and oxygen atoms in total. The van der Waals surface area contributed by atoms with Crippen LogP contribution >= 0.6 is 0 Å². The molecule has 1 unspecified atom stereocenters. The van der Waals surface area contributed by atoms with Crippen LogP contribution in [0.25, 0.3) is 11.1 Å². The Labute approximate surface area is 192 Å². The van der Waals surface area contributed by atoms with Gasteiger partial charge in [-0.15, -0.1) is 0 Å². The lowest BCUT2D eigenvalue weighted by Crippen LogP contribution is -2.48. The van der Waals surface area contributed by atoms with Crippen molar-refractivity contribution in [2.45, 2.75) is 31.2 Å². The summed E-state index contributed by atoms with van der Waals surface area (Å²) in [4.78, 5) is 30.0. The maximum Gasteiger partial charge on any atom is 0.266 e. The Bertz CT molecular complexity index is 1160. The van der Waals surface area contributed by atoms with Crippen LogP contribution in [-0.2, 0) is 29.9 Å². The van der Waals surface area contributed by atoms with E-state index in [2.05, 4.69) is 10.3 Å². The van der Waals surface area contributed by atoms with Crippen LogP contribution in [-0.4, -0.2) is 56.9 Å². The van der Waals surface area contributed by atoms with Crippen molar-refractivity contribution in [1.29, 1.82) is 0 Å². The third kappa shape index (κ3) is 6.70. The highest BCUT2D eigenvalue weighted by atomic mass is 32.2. The second-order valence-corrected chi connectivity index (χ2v) is 9.53. The van der Waals surface area contributed by atoms with Crippen LogP contribution in [0.4, 0.5) is 0 Å². The molecule has 33 heavy (non-hydrogen) atoms. The molecule has 10 heteroatoms. The number of amides is 1. The zero-order valence-corrected chi connectivity index (χ0v) is 19.2. The molecule has 0 fully saturated rings. The third-order valence-corrected chi connectivity index (χ3v) is 6.44. The number of hydrogen-bond acceptors (Lipinski definition) is 8. The van der Waals surface area contributed by atoms with Crippen molar-refractivity contribution >= 4 is 32.6 Å². The van der Waals surface area contributed by atoms with Crippen molar-refractivity contribution in [3.05, 3.63) is 66.1 Å². The van der Waals surface area contributed by atoms with E-state index < -0.39 is 39.4 Å². The fourth-order valence-electron chi connectivity index (χ4n) is 3.21. The SMILES string of the molecule is CC[C@H](NC(=O)C(CS(=O)(=O)Cc1ccccc1)OCOC)C(=O)c1nc2ccccc2o1. The molecule has 1 amide bonds. The van der Waals surface area contributed by atoms with E-state index in [1.54, 1.807) is 61.5 Å². The van der Waals surface area contributed by atoms with Gasteiger partial charge in [0.25, 0.3) is 11.8 Å². The number of nitrogens with one attached hydrogen (secondary N) is 1. The smallest absolute Gasteiger partial charge is 0.266 e. The number of methoxy groups -OCH3 is 1. The Morgan fingerprint density at radius 2 is 1.79 bits per heavy atom. The van der Waals surface area contributed by atoms with Gasteiger partial charge >= 0.3 is 0 Å². The largest absolute Gasteiger partial charge is 0.434 e. The summed E-state index contributed by atoms with van der Waals surface area (Å²) in [7, 11) is -2.34. The van der Waals surface area contributed by atoms with Gasteiger partial charge in [0.05, 0.1) is 17.5 Å². The van der Waals surface area contributed by atoms with E-state index in [4.69, 9.17) is 13.9 Å². The second kappa shape index (κ2) is 11.2. The van der Waals surface area contributed by atoms with Crippen molar-refractivity contribution in [1.82, 2.24) is 10.3 Å². The first-order valence-electron chi connectivity index (χ1n) is 10.4. The number of benzene rings is 2. The summed E-state index contributed by atoms with van der Waals surface area (Å²) >= 11 is 0. The number of fused-ring (bicyclic) bond motifs is 1. The molecule has 2 atom stereocenters. The van der Waals surface area contributed by atoms with Gasteiger partial charge in [-0.3, -0.25) is 9.59 Å². The quantitative estimate of drug-likeness (QED) is 0.314. The maximum atomic E-state index is 12.9. The molecule has 3 aromatic rings. The molecule has 176 valence electrons. The standard InChI is InChI=1S/C23H26N2O7S/c1-3-17(21(26)23-25-18-11-7-8-12-19(18)32-23)24-22(27)20(31-15-30-2)14-33(28,29)13-16-9-5-4-6-10-16/h4-12,17,20H,3,13-15H2,1-2H3,(H,24,27)/t17-,20?/m0/s1. The number of rotatable bonds is 12. The Hall–Kier alpha value is -3.08. The van der Waals surface area contributed by atoms with E-state index in [0.717, 1.165) is 0 Å². The molecule has 0 aliphatic heterocycles. The average molecular weight is 475 g/mol. The van der Waals surface area contributed by atoms with Gasteiger partial charge < -0.3 is 19.2 Å². The number of ether oxygens (including phenoxy) is 2. The first kappa shape index (κ1) is 24.6. The molecule has 0 saturated heterocycles. The maximum absolute atomic E-state index is 12.9. The van der Waals surface area contributed by atoms with Gasteiger partial charge in [0.2, 0.25) is 5.78 Å². The van der Waals surface area contributed by atoms with Gasteiger partial charge in [-0.1, -0.05) is 49.4 Å². The van der Waals surface area contributed by atoms with Crippen molar-refractivity contribution in [2.24, 2.45) is 0 Å². The number of oxazole rings is 1. The predicted molar refractivity (Wildman–Crippen MR) is 121 cm³/mol. The van der Waals surface area contributed by atoms with Crippen LogP contribution in [0.2, 0.25) is 0 Å². The second-order valence-electron chi connectivity index (χ2n) is 7.42. The summed E-state index contributed by atoms with van der Waals surface area (Å²) in [6.45, 7) is 1.43. The van der Waals surface area contributed by atoms with Gasteiger partial charge in [-0.2, -0.15) is 0 Å². The number of carbonyl (C=O) groups is 2. The summed E-state index contributed by atoms with van der Waals surface area (Å²) in [6.07, 6.45) is -1.11. The van der Waals surface area contributed by atoms with Crippen molar-refractivity contribution in [3.8, 4) is 0 Å². The number of Topliss-reactive ketones (excluding diaryl/α,β-unsaturated/α-hetero) is 1. The molecule has 3 rings (SSSR count). The summed E-state index contributed by atoms with van der Waals surface area (Å²) in [5, 5.41) is 2.57. The number of para-hydroxylation sites is 2. The topological polar surface area (TPSA) is 125 Å². The monoisotopic (exact) mass is 474 g/mol. The fourth-order valence-corrected chi connectivity index (χ4v) is 4.74. The lowest BCUT2D eigenvalue weighted by atomic mass is 10.1. The summed E-state index contributed by atoms with van der Waals surface area (Å²) in [5.74, 6) is -2.19. The molecule has 0 bridgehead atoms. The molecule has 0 aliphatic carbocycles. The van der Waals surface area contributed by atoms with E-state index in [0.29, 0.717) is 16.7 Å². The Kier molecular flexibility index (Phi) is 8.32. The number of ketones is 1. The van der Waals surface area contributed by atoms with Gasteiger partial charge in [-0.25, -0.2) is 13.4 Å². The van der Waals surface area contributed by atoms with Crippen molar-refractivity contribution in [2.75, 3.05) is 19.7 Å². The minimum Gasteiger partial charge on any atom is -0.434 e. The zero-order valence-electron chi connectivity index (χ0n) is 18.4. The van der Waals surface area contributed by atoms with Crippen LogP contribution in [0.1, 0.15) is 29.6 Å². The Morgan fingerprint density at radius 1 is 1.09 bits per heavy atom. The van der Waals surface area contributed by atoms with E-state index in [1.807, 2.05) is 0 Å². The number of hydrogen-bond donors (Lipinski definition) is 1. The first-order chi connectivity index (χ1) is 15.8. The number of carbonyl (C=O) groups excluding carboxylic acids is 2. The summed E-state index contributed by atoms with van der Waals surface area (Å²) in [5.41, 5.74) is 1.58. The van der Waals surface area contributed by atoms with Crippen LogP contribution in [0.5, 0.6) is 0 Å². The van der Waals surface area contributed by atoms with E-state index >= 15 is 0 Å². The Morgan fingerprint density at radius 3 is 2.45 bits per heavy atom. The first-order valence-corrected chi connectivity index (χ1v) is 12.2. The molecule has 0 aliphatic rings. The predicted octanol–water partition coefficient (Wildman–Crippen LogP) is 2.51. The van der Waals surface area contributed by atoms with Crippen LogP contribution in [0.15, 0.2) is 59.0 Å². The Balaban J connectivity index is 1.72. The minimum atomic E-state index is -3.70. The number of aromatic nitrogens is 1. The van der Waals surface area contributed by atoms with E-state index in [1.165, 1.54) is 7.11 Å². The highest BCUT2D eigenvalue weighted by molar-refractivity contribution is 7.90. The molecule has 0 spiro atoms. The summed E-state index contributed by atoms with van der Waals surface area (Å²) < 4.78 is 41.1. The molecule has 0 saturated carbocycles. The van der Waals surface area contributed by atoms with Gasteiger partial charge in [0, 0.05) is 7.11 Å². The molecule has 0 radical (unpaired) electrons. The molecule has 1 N–H and O–H groups in total. The van der Waals surface area contributed by atoms with E-state index in [-0.39, 0.29) is 24.9 Å². The van der Waals surface area contributed by atoms with Crippen LogP contribution in [0.3, 0.4) is 0 Å². The van der Waals surface area contributed by atoms with Crippen molar-refractivity contribution in [3.63, 3.8) is 0 Å². The molecule has 2 aromatic carbocycles. The lowest BCUT2D eigenvalue weighted by molar-refractivity contribution is -0.140. The highest BCUT2D eigenvalue weighted by Gasteiger charge is 2.31. The van der Waals surface area contributed by atoms with Crippen LogP contribution < -0.4 is 5.32 Å². The minimum absolute atomic E-state index is 0.130. The molecular weight excluding hydrogens is 448 g/mol. The zero-order chi connectivity index (χ0) is 23.8. The van der Waals surface area contributed by atoms with E-state index in [9.17, 15) is 18.0 Å². The number of nitrogens with zero attached hydrogens (tertiary/aromatic N) is 1. The normalized spacial score (nSPS) is 13.5. The molecular formula is C23H26N2O7S. The molecule has 1 aromatic heterocycles. The van der Waals surface area contributed by atoms with Gasteiger partial charge in [0.1, 0.15) is 12.3 Å². The van der Waals surface area contributed by atoms with Gasteiger partial charge in [0.15, 0.2) is 21.5 Å². The van der Waals surface area contributed by atoms with Crippen LogP contribution in [0, 0.1) is 0 Å². The highest BCUT2D eigenvalue weighted by Crippen LogP contribution is 2.17.